The Bertz CT molecular complexity index is 803. The third-order valence-corrected chi connectivity index (χ3v) is 5.96. The van der Waals surface area contributed by atoms with E-state index in [9.17, 15) is 4.79 Å². The van der Waals surface area contributed by atoms with Crippen LogP contribution in [0.3, 0.4) is 0 Å². The van der Waals surface area contributed by atoms with E-state index in [2.05, 4.69) is 14.8 Å². The van der Waals surface area contributed by atoms with Crippen LogP contribution in [0.2, 0.25) is 0 Å². The van der Waals surface area contributed by atoms with E-state index in [1.807, 2.05) is 18.2 Å². The molecule has 8 heteroatoms. The molecule has 1 aromatic heterocycles. The van der Waals surface area contributed by atoms with E-state index in [-0.39, 0.29) is 5.97 Å². The van der Waals surface area contributed by atoms with Crippen molar-refractivity contribution in [3.05, 3.63) is 18.2 Å². The average Bonchev–Trinajstić information content (AvgIpc) is 3.17. The van der Waals surface area contributed by atoms with Gasteiger partial charge in [0, 0.05) is 17.4 Å². The summed E-state index contributed by atoms with van der Waals surface area (Å²) in [5.41, 5.74) is 0.940. The van der Waals surface area contributed by atoms with Gasteiger partial charge in [-0.1, -0.05) is 31.0 Å². The third-order valence-electron chi connectivity index (χ3n) is 5.01. The van der Waals surface area contributed by atoms with Crippen LogP contribution in [0.25, 0.3) is 11.4 Å². The van der Waals surface area contributed by atoms with Crippen LogP contribution < -0.4 is 9.47 Å². The van der Waals surface area contributed by atoms with Crippen molar-refractivity contribution in [2.45, 2.75) is 49.7 Å². The summed E-state index contributed by atoms with van der Waals surface area (Å²) in [6.07, 6.45) is 6.27. The van der Waals surface area contributed by atoms with E-state index in [4.69, 9.17) is 14.2 Å². The molecule has 3 rings (SSSR count). The van der Waals surface area contributed by atoms with Gasteiger partial charge in [-0.3, -0.25) is 9.36 Å². The molecule has 0 N–H and O–H groups in total. The zero-order valence-corrected chi connectivity index (χ0v) is 17.5. The predicted octanol–water partition coefficient (Wildman–Crippen LogP) is 4.12. The molecule has 1 aliphatic carbocycles. The summed E-state index contributed by atoms with van der Waals surface area (Å²) in [5, 5.41) is 9.78. The molecule has 0 bridgehead atoms. The number of methoxy groups -OCH3 is 3. The summed E-state index contributed by atoms with van der Waals surface area (Å²) >= 11 is 1.55. The molecule has 2 aromatic rings. The van der Waals surface area contributed by atoms with E-state index in [1.165, 1.54) is 26.4 Å². The van der Waals surface area contributed by atoms with Gasteiger partial charge in [0.15, 0.2) is 22.5 Å². The number of carbonyl (C=O) groups excluding carboxylic acids is 1. The van der Waals surface area contributed by atoms with Crippen LogP contribution in [0.4, 0.5) is 0 Å². The second-order valence-electron chi connectivity index (χ2n) is 6.71. The highest BCUT2D eigenvalue weighted by Crippen LogP contribution is 2.38. The minimum Gasteiger partial charge on any atom is -0.493 e. The highest BCUT2D eigenvalue weighted by molar-refractivity contribution is 7.99. The van der Waals surface area contributed by atoms with Crippen LogP contribution in [0.5, 0.6) is 11.5 Å². The van der Waals surface area contributed by atoms with Gasteiger partial charge < -0.3 is 14.2 Å². The van der Waals surface area contributed by atoms with Gasteiger partial charge in [0.1, 0.15) is 0 Å². The number of hydrogen-bond donors (Lipinski definition) is 0. The lowest BCUT2D eigenvalue weighted by molar-refractivity contribution is -0.140. The smallest absolute Gasteiger partial charge is 0.306 e. The zero-order chi connectivity index (χ0) is 19.9. The van der Waals surface area contributed by atoms with Gasteiger partial charge in [0.25, 0.3) is 0 Å². The first-order valence-electron chi connectivity index (χ1n) is 9.54. The summed E-state index contributed by atoms with van der Waals surface area (Å²) in [6.45, 7) is 0. The number of aromatic nitrogens is 3. The third kappa shape index (κ3) is 4.60. The molecule has 28 heavy (non-hydrogen) atoms. The van der Waals surface area contributed by atoms with E-state index < -0.39 is 0 Å². The lowest BCUT2D eigenvalue weighted by atomic mass is 9.95. The first-order chi connectivity index (χ1) is 13.7. The fraction of sp³-hybridized carbons (Fsp3) is 0.550. The van der Waals surface area contributed by atoms with Crippen LogP contribution in [0.15, 0.2) is 23.4 Å². The molecular weight excluding hydrogens is 378 g/mol. The van der Waals surface area contributed by atoms with Crippen molar-refractivity contribution in [3.63, 3.8) is 0 Å². The molecule has 1 aliphatic rings. The molecule has 152 valence electrons. The maximum atomic E-state index is 11.4. The Morgan fingerprint density at radius 2 is 1.86 bits per heavy atom. The number of esters is 1. The number of thioether (sulfide) groups is 1. The predicted molar refractivity (Wildman–Crippen MR) is 108 cm³/mol. The summed E-state index contributed by atoms with van der Waals surface area (Å²) in [4.78, 5) is 11.4. The molecule has 0 saturated heterocycles. The second-order valence-corrected chi connectivity index (χ2v) is 7.77. The molecule has 0 spiro atoms. The number of ether oxygens (including phenoxy) is 3. The molecule has 1 saturated carbocycles. The molecule has 0 aliphatic heterocycles. The lowest BCUT2D eigenvalue weighted by Crippen LogP contribution is -2.15. The molecule has 0 unspecified atom stereocenters. The quantitative estimate of drug-likeness (QED) is 0.483. The highest BCUT2D eigenvalue weighted by Gasteiger charge is 2.24. The maximum absolute atomic E-state index is 11.4. The largest absolute Gasteiger partial charge is 0.493 e. The van der Waals surface area contributed by atoms with Crippen LogP contribution in [0, 0.1) is 0 Å². The molecule has 0 atom stereocenters. The Kier molecular flexibility index (Phi) is 7.19. The van der Waals surface area contributed by atoms with Crippen molar-refractivity contribution in [2.75, 3.05) is 27.1 Å². The van der Waals surface area contributed by atoms with Crippen LogP contribution in [-0.4, -0.2) is 47.8 Å². The molecule has 1 aromatic carbocycles. The number of hydrogen-bond acceptors (Lipinski definition) is 7. The normalized spacial score (nSPS) is 14.7. The van der Waals surface area contributed by atoms with Crippen molar-refractivity contribution >= 4 is 17.7 Å². The minimum absolute atomic E-state index is 0.212. The van der Waals surface area contributed by atoms with Crippen molar-refractivity contribution in [1.82, 2.24) is 14.8 Å². The molecule has 0 radical (unpaired) electrons. The zero-order valence-electron chi connectivity index (χ0n) is 16.6. The summed E-state index contributed by atoms with van der Waals surface area (Å²) in [5.74, 6) is 2.58. The van der Waals surface area contributed by atoms with Gasteiger partial charge in [-0.15, -0.1) is 10.2 Å². The number of rotatable bonds is 8. The Labute approximate surface area is 169 Å². The molecule has 1 fully saturated rings. The van der Waals surface area contributed by atoms with Gasteiger partial charge >= 0.3 is 5.97 Å². The fourth-order valence-corrected chi connectivity index (χ4v) is 4.47. The fourth-order valence-electron chi connectivity index (χ4n) is 3.54. The molecule has 0 amide bonds. The van der Waals surface area contributed by atoms with Crippen molar-refractivity contribution < 1.29 is 19.0 Å². The Balaban J connectivity index is 1.92. The second kappa shape index (κ2) is 9.82. The van der Waals surface area contributed by atoms with Gasteiger partial charge in [-0.05, 0) is 31.0 Å². The first-order valence-corrected chi connectivity index (χ1v) is 10.5. The molecule has 1 heterocycles. The lowest BCUT2D eigenvalue weighted by Gasteiger charge is -2.25. The van der Waals surface area contributed by atoms with Gasteiger partial charge in [-0.25, -0.2) is 0 Å². The van der Waals surface area contributed by atoms with E-state index in [1.54, 1.807) is 26.0 Å². The summed E-state index contributed by atoms with van der Waals surface area (Å²) in [6, 6.07) is 6.17. The highest BCUT2D eigenvalue weighted by atomic mass is 32.2. The van der Waals surface area contributed by atoms with Gasteiger partial charge in [-0.2, -0.15) is 0 Å². The number of benzene rings is 1. The average molecular weight is 406 g/mol. The first kappa shape index (κ1) is 20.5. The SMILES string of the molecule is COC(=O)CCSc1nnc(-c2ccc(OC)c(OC)c2)n1C1CCCCC1. The van der Waals surface area contributed by atoms with E-state index >= 15 is 0 Å². The van der Waals surface area contributed by atoms with Gasteiger partial charge in [0.2, 0.25) is 0 Å². The number of nitrogens with zero attached hydrogens (tertiary/aromatic N) is 3. The van der Waals surface area contributed by atoms with E-state index in [0.717, 1.165) is 29.4 Å². The van der Waals surface area contributed by atoms with Crippen molar-refractivity contribution in [3.8, 4) is 22.9 Å². The Morgan fingerprint density at radius 3 is 2.54 bits per heavy atom. The van der Waals surface area contributed by atoms with Crippen molar-refractivity contribution in [2.24, 2.45) is 0 Å². The summed E-state index contributed by atoms with van der Waals surface area (Å²) < 4.78 is 17.8. The van der Waals surface area contributed by atoms with Crippen LogP contribution in [-0.2, 0) is 9.53 Å². The van der Waals surface area contributed by atoms with Crippen LogP contribution >= 0.6 is 11.8 Å². The topological polar surface area (TPSA) is 75.5 Å². The maximum Gasteiger partial charge on any atom is 0.306 e. The Morgan fingerprint density at radius 1 is 1.11 bits per heavy atom. The van der Waals surface area contributed by atoms with Crippen LogP contribution in [0.1, 0.15) is 44.6 Å². The summed E-state index contributed by atoms with van der Waals surface area (Å²) in [7, 11) is 4.66. The monoisotopic (exact) mass is 405 g/mol. The Hall–Kier alpha value is -2.22. The number of carbonyl (C=O) groups is 1. The molecular formula is C20H27N3O4S. The van der Waals surface area contributed by atoms with Gasteiger partial charge in [0.05, 0.1) is 27.8 Å². The van der Waals surface area contributed by atoms with E-state index in [0.29, 0.717) is 29.7 Å². The minimum atomic E-state index is -0.212. The molecule has 7 nitrogen and oxygen atoms in total. The van der Waals surface area contributed by atoms with Crippen molar-refractivity contribution in [1.29, 1.82) is 0 Å². The standard InChI is InChI=1S/C20H27N3O4S/c1-25-16-10-9-14(13-17(16)26-2)19-21-22-20(28-12-11-18(24)27-3)23(19)15-7-5-4-6-8-15/h9-10,13,15H,4-8,11-12H2,1-3H3.